The summed E-state index contributed by atoms with van der Waals surface area (Å²) in [5.74, 6) is -0.653. The van der Waals surface area contributed by atoms with Crippen LogP contribution in [-0.4, -0.2) is 39.2 Å². The van der Waals surface area contributed by atoms with Gasteiger partial charge in [-0.15, -0.1) is 6.58 Å². The monoisotopic (exact) mass is 487 g/mol. The molecule has 0 aliphatic rings. The topological polar surface area (TPSA) is 95.9 Å². The molecule has 0 amide bonds. The SMILES string of the molecule is C=CCOCC(C)OS(=O)[O-].CCCCCCCCCCCCCCCCCC(=O)O.[H-].[Na+]. The van der Waals surface area contributed by atoms with E-state index in [4.69, 9.17) is 9.84 Å². The van der Waals surface area contributed by atoms with Crippen molar-refractivity contribution in [2.75, 3.05) is 13.2 Å². The molecule has 0 bridgehead atoms. The van der Waals surface area contributed by atoms with Crippen molar-refractivity contribution in [3.63, 3.8) is 0 Å². The summed E-state index contributed by atoms with van der Waals surface area (Å²) in [6.07, 6.45) is 21.3. The Kier molecular flexibility index (Phi) is 35.9. The molecular formula is C24H48NaO6S-. The number of carboxylic acids is 1. The van der Waals surface area contributed by atoms with Gasteiger partial charge in [0.15, 0.2) is 0 Å². The van der Waals surface area contributed by atoms with E-state index in [1.165, 1.54) is 83.5 Å². The van der Waals surface area contributed by atoms with Crippen LogP contribution in [0.4, 0.5) is 0 Å². The fourth-order valence-corrected chi connectivity index (χ4v) is 3.45. The van der Waals surface area contributed by atoms with Gasteiger partial charge >= 0.3 is 35.5 Å². The van der Waals surface area contributed by atoms with Crippen molar-refractivity contribution in [3.8, 4) is 0 Å². The first-order valence-corrected chi connectivity index (χ1v) is 13.1. The van der Waals surface area contributed by atoms with Crippen LogP contribution >= 0.6 is 0 Å². The minimum absolute atomic E-state index is 0. The largest absolute Gasteiger partial charge is 1.00 e. The Labute approximate surface area is 223 Å². The summed E-state index contributed by atoms with van der Waals surface area (Å²) < 4.78 is 29.2. The third-order valence-corrected chi connectivity index (χ3v) is 5.31. The predicted octanol–water partition coefficient (Wildman–Crippen LogP) is 3.84. The summed E-state index contributed by atoms with van der Waals surface area (Å²) in [5.41, 5.74) is 0. The number of carbonyl (C=O) groups is 1. The second-order valence-corrected chi connectivity index (χ2v) is 8.63. The van der Waals surface area contributed by atoms with Crippen LogP contribution in [0.5, 0.6) is 0 Å². The second kappa shape index (κ2) is 31.2. The first-order valence-electron chi connectivity index (χ1n) is 12.1. The molecule has 0 aliphatic heterocycles. The number of hydrogen-bond donors (Lipinski definition) is 1. The van der Waals surface area contributed by atoms with Gasteiger partial charge in [-0.3, -0.25) is 8.98 Å². The summed E-state index contributed by atoms with van der Waals surface area (Å²) >= 11 is -2.46. The molecule has 188 valence electrons. The molecule has 2 unspecified atom stereocenters. The third kappa shape index (κ3) is 37.5. The number of aliphatic carboxylic acids is 1. The zero-order valence-corrected chi connectivity index (χ0v) is 23.8. The molecule has 0 saturated heterocycles. The molecule has 0 aliphatic carbocycles. The molecule has 0 saturated carbocycles. The Morgan fingerprint density at radius 3 is 1.72 bits per heavy atom. The average Bonchev–Trinajstić information content (AvgIpc) is 2.71. The van der Waals surface area contributed by atoms with E-state index < -0.39 is 23.4 Å². The summed E-state index contributed by atoms with van der Waals surface area (Å²) in [6, 6.07) is 0. The van der Waals surface area contributed by atoms with Gasteiger partial charge in [0.25, 0.3) is 0 Å². The van der Waals surface area contributed by atoms with Crippen LogP contribution in [0, 0.1) is 0 Å². The van der Waals surface area contributed by atoms with Gasteiger partial charge in [0, 0.05) is 6.42 Å². The maximum Gasteiger partial charge on any atom is 1.00 e. The standard InChI is InChI=1S/C18H36O2.C6H12O4S.Na.H/c1-2-3-4-5-6-7-8-9-10-11-12-13-14-15-16-17-18(19)20;1-3-4-9-5-6(2)10-11(7)8;;/h2-17H2,1H3,(H,19,20);3,6H,1,4-5H2,2H3,(H,7,8);;/q;;+1;-1/p-1. The Bertz CT molecular complexity index is 430. The van der Waals surface area contributed by atoms with Gasteiger partial charge in [0.05, 0.1) is 30.7 Å². The van der Waals surface area contributed by atoms with E-state index in [1.807, 2.05) is 0 Å². The van der Waals surface area contributed by atoms with Crippen molar-refractivity contribution in [2.24, 2.45) is 0 Å². The number of unbranched alkanes of at least 4 members (excludes halogenated alkanes) is 14. The fourth-order valence-electron chi connectivity index (χ4n) is 3.13. The molecule has 0 spiro atoms. The first kappa shape index (κ1) is 36.8. The molecular weight excluding hydrogens is 439 g/mol. The third-order valence-electron chi connectivity index (χ3n) is 4.83. The normalized spacial score (nSPS) is 12.2. The van der Waals surface area contributed by atoms with Crippen LogP contribution < -0.4 is 29.6 Å². The van der Waals surface area contributed by atoms with Gasteiger partial charge in [-0.25, -0.2) is 4.21 Å². The van der Waals surface area contributed by atoms with Crippen LogP contribution in [0.2, 0.25) is 0 Å². The summed E-state index contributed by atoms with van der Waals surface area (Å²) in [6.45, 7) is 7.96. The van der Waals surface area contributed by atoms with E-state index in [9.17, 15) is 13.6 Å². The molecule has 6 nitrogen and oxygen atoms in total. The van der Waals surface area contributed by atoms with Crippen LogP contribution in [0.25, 0.3) is 0 Å². The number of carboxylic acid groups (broad SMARTS) is 1. The van der Waals surface area contributed by atoms with Gasteiger partial charge in [-0.05, 0) is 13.3 Å². The Hall–Kier alpha value is 0.240. The van der Waals surface area contributed by atoms with E-state index >= 15 is 0 Å². The minimum atomic E-state index is -2.46. The van der Waals surface area contributed by atoms with Gasteiger partial charge in [0.1, 0.15) is 0 Å². The van der Waals surface area contributed by atoms with Crippen LogP contribution in [0.15, 0.2) is 12.7 Å². The number of ether oxygens (including phenoxy) is 1. The van der Waals surface area contributed by atoms with Crippen molar-refractivity contribution >= 4 is 17.3 Å². The maximum atomic E-state index is 10.3. The summed E-state index contributed by atoms with van der Waals surface area (Å²) in [7, 11) is 0. The van der Waals surface area contributed by atoms with E-state index in [-0.39, 0.29) is 37.6 Å². The van der Waals surface area contributed by atoms with Crippen LogP contribution in [-0.2, 0) is 25.1 Å². The van der Waals surface area contributed by atoms with E-state index in [2.05, 4.69) is 17.7 Å². The summed E-state index contributed by atoms with van der Waals surface area (Å²) in [5, 5.41) is 8.52. The molecule has 0 rings (SSSR count). The molecule has 0 fully saturated rings. The van der Waals surface area contributed by atoms with Crippen LogP contribution in [0.3, 0.4) is 0 Å². The Morgan fingerprint density at radius 1 is 0.969 bits per heavy atom. The summed E-state index contributed by atoms with van der Waals surface area (Å²) in [4.78, 5) is 10.3. The van der Waals surface area contributed by atoms with Gasteiger partial charge in [-0.1, -0.05) is 103 Å². The molecule has 32 heavy (non-hydrogen) atoms. The average molecular weight is 488 g/mol. The van der Waals surface area contributed by atoms with Crippen molar-refractivity contribution in [3.05, 3.63) is 12.7 Å². The van der Waals surface area contributed by atoms with Crippen molar-refractivity contribution in [1.29, 1.82) is 0 Å². The molecule has 8 heteroatoms. The molecule has 1 N–H and O–H groups in total. The van der Waals surface area contributed by atoms with Crippen molar-refractivity contribution in [1.82, 2.24) is 0 Å². The van der Waals surface area contributed by atoms with E-state index in [0.29, 0.717) is 13.0 Å². The molecule has 0 radical (unpaired) electrons. The van der Waals surface area contributed by atoms with Gasteiger partial charge in [0.2, 0.25) is 0 Å². The Morgan fingerprint density at radius 2 is 1.38 bits per heavy atom. The van der Waals surface area contributed by atoms with E-state index in [1.54, 1.807) is 13.0 Å². The second-order valence-electron chi connectivity index (χ2n) is 8.03. The van der Waals surface area contributed by atoms with Gasteiger partial charge < -0.3 is 15.8 Å². The maximum absolute atomic E-state index is 10.3. The predicted molar refractivity (Wildman–Crippen MR) is 129 cm³/mol. The van der Waals surface area contributed by atoms with Crippen molar-refractivity contribution in [2.45, 2.75) is 123 Å². The smallest absolute Gasteiger partial charge is 1.00 e. The quantitative estimate of drug-likeness (QED) is 0.108. The Balaban J connectivity index is -0.000000278. The fraction of sp³-hybridized carbons (Fsp3) is 0.875. The molecule has 0 aromatic carbocycles. The number of rotatable bonds is 22. The zero-order chi connectivity index (χ0) is 23.6. The van der Waals surface area contributed by atoms with E-state index in [0.717, 1.165) is 12.8 Å². The first-order chi connectivity index (χ1) is 14.9. The number of hydrogen-bond acceptors (Lipinski definition) is 5. The molecule has 2 atom stereocenters. The zero-order valence-electron chi connectivity index (χ0n) is 22.0. The van der Waals surface area contributed by atoms with Crippen molar-refractivity contribution < 1.29 is 58.6 Å². The van der Waals surface area contributed by atoms with Crippen LogP contribution in [0.1, 0.15) is 118 Å². The minimum Gasteiger partial charge on any atom is -1.00 e. The van der Waals surface area contributed by atoms with Gasteiger partial charge in [-0.2, -0.15) is 0 Å². The molecule has 0 heterocycles. The molecule has 0 aromatic heterocycles. The molecule has 0 aromatic rings.